The van der Waals surface area contributed by atoms with E-state index in [2.05, 4.69) is 27.1 Å². The fourth-order valence-corrected chi connectivity index (χ4v) is 2.97. The number of rotatable bonds is 5. The minimum Gasteiger partial charge on any atom is -0.457 e. The molecule has 0 spiro atoms. The number of anilines is 2. The van der Waals surface area contributed by atoms with Crippen LogP contribution in [0.4, 0.5) is 11.5 Å². The molecule has 4 aromatic rings. The highest BCUT2D eigenvalue weighted by Gasteiger charge is 2.06. The van der Waals surface area contributed by atoms with Crippen molar-refractivity contribution in [2.75, 3.05) is 18.9 Å². The van der Waals surface area contributed by atoms with Crippen molar-refractivity contribution in [3.05, 3.63) is 84.7 Å². The molecule has 0 aliphatic carbocycles. The highest BCUT2D eigenvalue weighted by atomic mass is 16.5. The van der Waals surface area contributed by atoms with Gasteiger partial charge >= 0.3 is 0 Å². The average molecular weight is 422 g/mol. The molecule has 6 heteroatoms. The van der Waals surface area contributed by atoms with Crippen LogP contribution in [-0.4, -0.2) is 34.4 Å². The van der Waals surface area contributed by atoms with Crippen LogP contribution in [0.15, 0.2) is 79.1 Å². The number of para-hydroxylation sites is 1. The number of aromatic nitrogens is 2. The third-order valence-electron chi connectivity index (χ3n) is 4.82. The van der Waals surface area contributed by atoms with Crippen LogP contribution in [0.5, 0.6) is 11.5 Å². The molecule has 1 N–H and O–H groups in total. The first-order chi connectivity index (χ1) is 15.6. The Morgan fingerprint density at radius 1 is 1.00 bits per heavy atom. The molecule has 1 heterocycles. The molecule has 1 aromatic heterocycles. The van der Waals surface area contributed by atoms with Crippen LogP contribution in [0.3, 0.4) is 0 Å². The van der Waals surface area contributed by atoms with E-state index in [0.717, 1.165) is 33.7 Å². The summed E-state index contributed by atoms with van der Waals surface area (Å²) in [5, 5.41) is 4.21. The maximum atomic E-state index is 11.3. The number of fused-ring (bicyclic) bond motifs is 1. The summed E-state index contributed by atoms with van der Waals surface area (Å²) in [5.74, 6) is 8.34. The second-order valence-corrected chi connectivity index (χ2v) is 7.20. The molecule has 0 saturated carbocycles. The summed E-state index contributed by atoms with van der Waals surface area (Å²) in [4.78, 5) is 21.6. The van der Waals surface area contributed by atoms with Gasteiger partial charge in [-0.25, -0.2) is 9.97 Å². The highest BCUT2D eigenvalue weighted by molar-refractivity contribution is 5.91. The third-order valence-corrected chi connectivity index (χ3v) is 4.82. The summed E-state index contributed by atoms with van der Waals surface area (Å²) in [6.07, 6.45) is 1.53. The first-order valence-corrected chi connectivity index (χ1v) is 10.1. The first-order valence-electron chi connectivity index (χ1n) is 10.1. The van der Waals surface area contributed by atoms with Gasteiger partial charge in [-0.3, -0.25) is 4.79 Å². The average Bonchev–Trinajstić information content (AvgIpc) is 2.81. The SMILES string of the molecule is CC(=O)N(C)CC#Cc1ccc2ncnc(Nc3ccc(Oc4ccccc4)cc3)c2c1. The van der Waals surface area contributed by atoms with Gasteiger partial charge in [-0.2, -0.15) is 0 Å². The summed E-state index contributed by atoms with van der Waals surface area (Å²) in [5.41, 5.74) is 2.53. The van der Waals surface area contributed by atoms with Crippen LogP contribution >= 0.6 is 0 Å². The van der Waals surface area contributed by atoms with Crippen LogP contribution < -0.4 is 10.1 Å². The Kier molecular flexibility index (Phi) is 6.28. The van der Waals surface area contributed by atoms with E-state index >= 15 is 0 Å². The van der Waals surface area contributed by atoms with Crippen molar-refractivity contribution in [1.29, 1.82) is 0 Å². The molecule has 1 amide bonds. The Morgan fingerprint density at radius 3 is 2.50 bits per heavy atom. The van der Waals surface area contributed by atoms with E-state index in [0.29, 0.717) is 12.4 Å². The zero-order valence-electron chi connectivity index (χ0n) is 17.9. The minimum absolute atomic E-state index is 0.0158. The number of carbonyl (C=O) groups is 1. The lowest BCUT2D eigenvalue weighted by atomic mass is 10.1. The first kappa shape index (κ1) is 20.9. The summed E-state index contributed by atoms with van der Waals surface area (Å²) in [7, 11) is 1.73. The van der Waals surface area contributed by atoms with Crippen LogP contribution in [0.1, 0.15) is 12.5 Å². The van der Waals surface area contributed by atoms with E-state index in [1.54, 1.807) is 11.9 Å². The molecule has 0 atom stereocenters. The van der Waals surface area contributed by atoms with E-state index in [1.807, 2.05) is 72.8 Å². The van der Waals surface area contributed by atoms with Gasteiger partial charge in [0.2, 0.25) is 5.91 Å². The zero-order chi connectivity index (χ0) is 22.3. The third kappa shape index (κ3) is 5.21. The number of carbonyl (C=O) groups excluding carboxylic acids is 1. The molecule has 0 saturated heterocycles. The Labute approximate surface area is 186 Å². The van der Waals surface area contributed by atoms with Crippen LogP contribution in [-0.2, 0) is 4.79 Å². The van der Waals surface area contributed by atoms with E-state index in [-0.39, 0.29) is 5.91 Å². The van der Waals surface area contributed by atoms with Crippen molar-refractivity contribution in [3.63, 3.8) is 0 Å². The monoisotopic (exact) mass is 422 g/mol. The zero-order valence-corrected chi connectivity index (χ0v) is 17.9. The Hall–Kier alpha value is -4.37. The van der Waals surface area contributed by atoms with Crippen molar-refractivity contribution >= 4 is 28.3 Å². The second-order valence-electron chi connectivity index (χ2n) is 7.20. The molecule has 158 valence electrons. The Balaban J connectivity index is 1.52. The van der Waals surface area contributed by atoms with Crippen molar-refractivity contribution in [1.82, 2.24) is 14.9 Å². The van der Waals surface area contributed by atoms with Crippen LogP contribution in [0.25, 0.3) is 10.9 Å². The molecular weight excluding hydrogens is 400 g/mol. The lowest BCUT2D eigenvalue weighted by Crippen LogP contribution is -2.23. The maximum absolute atomic E-state index is 11.3. The summed E-state index contributed by atoms with van der Waals surface area (Å²) in [6.45, 7) is 1.90. The van der Waals surface area contributed by atoms with Crippen LogP contribution in [0.2, 0.25) is 0 Å². The molecule has 0 unspecified atom stereocenters. The van der Waals surface area contributed by atoms with E-state index in [9.17, 15) is 4.79 Å². The predicted octanol–water partition coefficient (Wildman–Crippen LogP) is 5.00. The fourth-order valence-electron chi connectivity index (χ4n) is 2.97. The number of hydrogen-bond acceptors (Lipinski definition) is 5. The number of nitrogens with one attached hydrogen (secondary N) is 1. The quantitative estimate of drug-likeness (QED) is 0.459. The number of ether oxygens (including phenoxy) is 1. The van der Waals surface area contributed by atoms with Crippen molar-refractivity contribution in [3.8, 4) is 23.3 Å². The van der Waals surface area contributed by atoms with Gasteiger partial charge in [0, 0.05) is 30.6 Å². The number of amides is 1. The van der Waals surface area contributed by atoms with Gasteiger partial charge in [0.05, 0.1) is 12.1 Å². The van der Waals surface area contributed by atoms with E-state index in [4.69, 9.17) is 4.74 Å². The van der Waals surface area contributed by atoms with Gasteiger partial charge in [-0.15, -0.1) is 0 Å². The number of hydrogen-bond donors (Lipinski definition) is 1. The summed E-state index contributed by atoms with van der Waals surface area (Å²) >= 11 is 0. The normalized spacial score (nSPS) is 10.2. The molecule has 0 fully saturated rings. The van der Waals surface area contributed by atoms with Crippen molar-refractivity contribution in [2.45, 2.75) is 6.92 Å². The minimum atomic E-state index is -0.0158. The molecule has 3 aromatic carbocycles. The van der Waals surface area contributed by atoms with Gasteiger partial charge < -0.3 is 15.0 Å². The van der Waals surface area contributed by atoms with E-state index in [1.165, 1.54) is 13.3 Å². The van der Waals surface area contributed by atoms with Gasteiger partial charge in [-0.1, -0.05) is 30.0 Å². The molecule has 0 aliphatic heterocycles. The molecule has 0 radical (unpaired) electrons. The van der Waals surface area contributed by atoms with Crippen molar-refractivity contribution in [2.24, 2.45) is 0 Å². The molecule has 4 rings (SSSR count). The standard InChI is InChI=1S/C26H22N4O2/c1-19(31)30(2)16-6-7-20-10-15-25-24(17-20)26(28-18-27-25)29-21-11-13-23(14-12-21)32-22-8-4-3-5-9-22/h3-5,8-15,17-18H,16H2,1-2H3,(H,27,28,29). The van der Waals surface area contributed by atoms with Crippen molar-refractivity contribution < 1.29 is 9.53 Å². The maximum Gasteiger partial charge on any atom is 0.219 e. The van der Waals surface area contributed by atoms with Gasteiger partial charge in [0.15, 0.2) is 0 Å². The molecule has 0 aliphatic rings. The second kappa shape index (κ2) is 9.63. The topological polar surface area (TPSA) is 67.4 Å². The number of benzene rings is 3. The van der Waals surface area contributed by atoms with E-state index < -0.39 is 0 Å². The Morgan fingerprint density at radius 2 is 1.75 bits per heavy atom. The Bertz CT molecular complexity index is 1290. The summed E-state index contributed by atoms with van der Waals surface area (Å²) in [6, 6.07) is 23.1. The lowest BCUT2D eigenvalue weighted by Gasteiger charge is -2.10. The van der Waals surface area contributed by atoms with Crippen LogP contribution in [0, 0.1) is 11.8 Å². The van der Waals surface area contributed by atoms with Gasteiger partial charge in [0.25, 0.3) is 0 Å². The molecule has 32 heavy (non-hydrogen) atoms. The molecular formula is C26H22N4O2. The summed E-state index contributed by atoms with van der Waals surface area (Å²) < 4.78 is 5.85. The predicted molar refractivity (Wildman–Crippen MR) is 126 cm³/mol. The van der Waals surface area contributed by atoms with Gasteiger partial charge in [0.1, 0.15) is 23.6 Å². The molecule has 6 nitrogen and oxygen atoms in total. The highest BCUT2D eigenvalue weighted by Crippen LogP contribution is 2.27. The smallest absolute Gasteiger partial charge is 0.219 e. The van der Waals surface area contributed by atoms with Gasteiger partial charge in [-0.05, 0) is 54.6 Å². The fraction of sp³-hybridized carbons (Fsp3) is 0.115. The molecule has 0 bridgehead atoms. The number of nitrogens with zero attached hydrogens (tertiary/aromatic N) is 3. The lowest BCUT2D eigenvalue weighted by molar-refractivity contribution is -0.126. The largest absolute Gasteiger partial charge is 0.457 e.